The topological polar surface area (TPSA) is 16.4 Å². The van der Waals surface area contributed by atoms with Crippen molar-refractivity contribution in [1.29, 1.82) is 0 Å². The Kier molecular flexibility index (Phi) is 9.06. The normalized spacial score (nSPS) is 11.5. The van der Waals surface area contributed by atoms with E-state index in [1.54, 1.807) is 0 Å². The molecule has 2 heterocycles. The lowest BCUT2D eigenvalue weighted by atomic mass is 9.98. The summed E-state index contributed by atoms with van der Waals surface area (Å²) in [7, 11) is 0. The van der Waals surface area contributed by atoms with Crippen molar-refractivity contribution in [2.75, 3.05) is 4.90 Å². The van der Waals surface area contributed by atoms with Gasteiger partial charge in [-0.05, 0) is 105 Å². The summed E-state index contributed by atoms with van der Waals surface area (Å²) in [6, 6.07) is 85.2. The molecule has 0 N–H and O–H groups in total. The fourth-order valence-corrected chi connectivity index (χ4v) is 10.3. The lowest BCUT2D eigenvalue weighted by Crippen LogP contribution is -2.10. The molecule has 0 saturated heterocycles. The Balaban J connectivity index is 1.04. The summed E-state index contributed by atoms with van der Waals surface area (Å²) in [5, 5.41) is 4.70. The molecular weight excluding hydrogens is 783 g/mol. The van der Waals surface area contributed by atoms with E-state index >= 15 is 0 Å². The molecule has 63 heavy (non-hydrogen) atoms. The fourth-order valence-electron chi connectivity index (χ4n) is 9.13. The van der Waals surface area contributed by atoms with Gasteiger partial charge in [0.2, 0.25) is 0 Å². The lowest BCUT2D eigenvalue weighted by Gasteiger charge is -2.27. The van der Waals surface area contributed by atoms with Gasteiger partial charge in [-0.2, -0.15) is 0 Å². The van der Waals surface area contributed by atoms with Crippen molar-refractivity contribution in [3.8, 4) is 55.6 Å². The second kappa shape index (κ2) is 15.5. The summed E-state index contributed by atoms with van der Waals surface area (Å²) in [6.45, 7) is 0. The third kappa shape index (κ3) is 6.67. The highest BCUT2D eigenvalue weighted by molar-refractivity contribution is 7.25. The Labute approximate surface area is 370 Å². The average Bonchev–Trinajstić information content (AvgIpc) is 3.93. The Bertz CT molecular complexity index is 3570. The van der Waals surface area contributed by atoms with Crippen LogP contribution in [0.15, 0.2) is 241 Å². The first-order valence-corrected chi connectivity index (χ1v) is 22.2. The first-order valence-electron chi connectivity index (χ1n) is 21.4. The first-order chi connectivity index (χ1) is 31.2. The molecule has 0 unspecified atom stereocenters. The summed E-state index contributed by atoms with van der Waals surface area (Å²) in [6.07, 6.45) is 0. The molecule has 0 aliphatic heterocycles. The number of fused-ring (bicyclic) bond motifs is 6. The monoisotopic (exact) mass is 821 g/mol. The first kappa shape index (κ1) is 36.8. The van der Waals surface area contributed by atoms with Gasteiger partial charge >= 0.3 is 0 Å². The van der Waals surface area contributed by atoms with E-state index in [2.05, 4.69) is 241 Å². The van der Waals surface area contributed by atoms with E-state index in [4.69, 9.17) is 4.42 Å². The molecule has 0 radical (unpaired) electrons. The maximum atomic E-state index is 7.01. The molecule has 0 bridgehead atoms. The van der Waals surface area contributed by atoms with Gasteiger partial charge in [-0.1, -0.05) is 182 Å². The van der Waals surface area contributed by atoms with E-state index in [0.717, 1.165) is 61.3 Å². The predicted octanol–water partition coefficient (Wildman–Crippen LogP) is 17.8. The number of benzene rings is 10. The highest BCUT2D eigenvalue weighted by Crippen LogP contribution is 2.48. The lowest BCUT2D eigenvalue weighted by molar-refractivity contribution is 0.670. The van der Waals surface area contributed by atoms with Crippen LogP contribution in [-0.2, 0) is 0 Å². The van der Waals surface area contributed by atoms with E-state index in [-0.39, 0.29) is 0 Å². The number of rotatable bonds is 8. The molecule has 0 atom stereocenters. The van der Waals surface area contributed by atoms with Crippen molar-refractivity contribution in [1.82, 2.24) is 0 Å². The molecule has 2 nitrogen and oxygen atoms in total. The van der Waals surface area contributed by atoms with Crippen LogP contribution in [0, 0.1) is 0 Å². The van der Waals surface area contributed by atoms with Gasteiger partial charge in [-0.15, -0.1) is 11.3 Å². The minimum absolute atomic E-state index is 0.861. The smallest absolute Gasteiger partial charge is 0.145 e. The molecule has 12 rings (SSSR count). The van der Waals surface area contributed by atoms with Gasteiger partial charge in [0.15, 0.2) is 0 Å². The molecule has 296 valence electrons. The Morgan fingerprint density at radius 3 is 1.33 bits per heavy atom. The SMILES string of the molecule is c1ccc(-c2ccc(-c3ccc(N(c4ccc5c(c4)sc4cc(-c6ccccc6)ccc45)c4ccc(-c5ccccc5)c5oc6cc(-c7ccccc7)ccc6c45)cc3)cc2)cc1. The molecule has 0 amide bonds. The van der Waals surface area contributed by atoms with Gasteiger partial charge in [-0.25, -0.2) is 0 Å². The maximum Gasteiger partial charge on any atom is 0.145 e. The van der Waals surface area contributed by atoms with Crippen LogP contribution in [-0.4, -0.2) is 0 Å². The van der Waals surface area contributed by atoms with Gasteiger partial charge in [0.05, 0.1) is 11.1 Å². The molecule has 0 fully saturated rings. The Morgan fingerprint density at radius 1 is 0.317 bits per heavy atom. The van der Waals surface area contributed by atoms with Gasteiger partial charge in [0.1, 0.15) is 11.2 Å². The minimum Gasteiger partial charge on any atom is -0.455 e. The molecule has 0 saturated carbocycles. The van der Waals surface area contributed by atoms with Crippen LogP contribution in [0.25, 0.3) is 97.7 Å². The van der Waals surface area contributed by atoms with Crippen LogP contribution in [0.2, 0.25) is 0 Å². The van der Waals surface area contributed by atoms with E-state index in [1.165, 1.54) is 53.6 Å². The zero-order chi connectivity index (χ0) is 41.7. The molecule has 10 aromatic carbocycles. The summed E-state index contributed by atoms with van der Waals surface area (Å²) in [5.41, 5.74) is 16.6. The number of hydrogen-bond acceptors (Lipinski definition) is 3. The average molecular weight is 822 g/mol. The van der Waals surface area contributed by atoms with E-state index in [1.807, 2.05) is 11.3 Å². The second-order valence-corrected chi connectivity index (χ2v) is 17.2. The number of thiophene rings is 1. The van der Waals surface area contributed by atoms with E-state index in [9.17, 15) is 0 Å². The fraction of sp³-hybridized carbons (Fsp3) is 0. The Morgan fingerprint density at radius 2 is 0.746 bits per heavy atom. The second-order valence-electron chi connectivity index (χ2n) is 16.1. The molecule has 0 aliphatic carbocycles. The van der Waals surface area contributed by atoms with Crippen LogP contribution in [0.4, 0.5) is 17.1 Å². The highest BCUT2D eigenvalue weighted by Gasteiger charge is 2.23. The van der Waals surface area contributed by atoms with Crippen LogP contribution < -0.4 is 4.90 Å². The molecule has 12 aromatic rings. The van der Waals surface area contributed by atoms with Crippen molar-refractivity contribution in [2.24, 2.45) is 0 Å². The van der Waals surface area contributed by atoms with Gasteiger partial charge < -0.3 is 9.32 Å². The molecule has 3 heteroatoms. The van der Waals surface area contributed by atoms with E-state index in [0.29, 0.717) is 0 Å². The number of anilines is 3. The third-order valence-electron chi connectivity index (χ3n) is 12.3. The Hall–Kier alpha value is -7.98. The summed E-state index contributed by atoms with van der Waals surface area (Å²) >= 11 is 1.85. The zero-order valence-corrected chi connectivity index (χ0v) is 35.1. The van der Waals surface area contributed by atoms with Crippen molar-refractivity contribution in [3.05, 3.63) is 237 Å². The van der Waals surface area contributed by atoms with Crippen molar-refractivity contribution < 1.29 is 4.42 Å². The number of furan rings is 1. The molecule has 2 aromatic heterocycles. The molecule has 0 aliphatic rings. The maximum absolute atomic E-state index is 7.01. The van der Waals surface area contributed by atoms with Crippen molar-refractivity contribution >= 4 is 70.5 Å². The van der Waals surface area contributed by atoms with E-state index < -0.39 is 0 Å². The zero-order valence-electron chi connectivity index (χ0n) is 34.3. The van der Waals surface area contributed by atoms with Crippen molar-refractivity contribution in [3.63, 3.8) is 0 Å². The predicted molar refractivity (Wildman–Crippen MR) is 268 cm³/mol. The van der Waals surface area contributed by atoms with Gasteiger partial charge in [0, 0.05) is 42.5 Å². The number of nitrogens with zero attached hydrogens (tertiary/aromatic N) is 1. The van der Waals surface area contributed by atoms with Crippen LogP contribution >= 0.6 is 11.3 Å². The third-order valence-corrected chi connectivity index (χ3v) is 13.4. The van der Waals surface area contributed by atoms with Crippen LogP contribution in [0.5, 0.6) is 0 Å². The summed E-state index contributed by atoms with van der Waals surface area (Å²) in [4.78, 5) is 2.42. The van der Waals surface area contributed by atoms with Gasteiger partial charge in [-0.3, -0.25) is 0 Å². The van der Waals surface area contributed by atoms with Crippen molar-refractivity contribution in [2.45, 2.75) is 0 Å². The van der Waals surface area contributed by atoms with Gasteiger partial charge in [0.25, 0.3) is 0 Å². The number of hydrogen-bond donors (Lipinski definition) is 0. The molecular formula is C60H39NOS. The standard InChI is InChI=1S/C60H39NOS/c1-5-13-40(14-6-1)43-21-23-44(24-22-43)45-25-29-49(30-26-45)61(50-31-34-53-52-32-27-48(42-17-9-3-10-18-42)38-57(52)63-58(53)39-50)55-36-35-51(46-19-11-4-12-20-46)60-59(55)54-33-28-47(37-56(54)62-60)41-15-7-2-8-16-41/h1-39H. The highest BCUT2D eigenvalue weighted by atomic mass is 32.1. The summed E-state index contributed by atoms with van der Waals surface area (Å²) in [5.74, 6) is 0. The largest absolute Gasteiger partial charge is 0.455 e. The quantitative estimate of drug-likeness (QED) is 0.152. The van der Waals surface area contributed by atoms with Crippen LogP contribution in [0.1, 0.15) is 0 Å². The minimum atomic E-state index is 0.861. The molecule has 0 spiro atoms. The summed E-state index contributed by atoms with van der Waals surface area (Å²) < 4.78 is 9.54. The van der Waals surface area contributed by atoms with Crippen LogP contribution in [0.3, 0.4) is 0 Å².